The Balaban J connectivity index is 1.57. The summed E-state index contributed by atoms with van der Waals surface area (Å²) in [7, 11) is 0. The molecule has 1 saturated heterocycles. The molecule has 2 heterocycles. The molecule has 98 valence electrons. The molecule has 6 heteroatoms. The fourth-order valence-corrected chi connectivity index (χ4v) is 2.63. The maximum Gasteiger partial charge on any atom is 0.187 e. The number of hydrogen-bond donors (Lipinski definition) is 2. The van der Waals surface area contributed by atoms with Crippen LogP contribution in [0.1, 0.15) is 11.7 Å². The van der Waals surface area contributed by atoms with Crippen LogP contribution in [0.25, 0.3) is 0 Å². The molecule has 0 spiro atoms. The van der Waals surface area contributed by atoms with Crippen LogP contribution in [0, 0.1) is 0 Å². The lowest BCUT2D eigenvalue weighted by molar-refractivity contribution is 0.381. The van der Waals surface area contributed by atoms with Crippen LogP contribution in [0.2, 0.25) is 0 Å². The van der Waals surface area contributed by atoms with E-state index in [1.54, 1.807) is 24.5 Å². The molecule has 0 aliphatic carbocycles. The summed E-state index contributed by atoms with van der Waals surface area (Å²) in [5.41, 5.74) is 0.870. The molecule has 1 aromatic carbocycles. The molecule has 0 bridgehead atoms. The first-order valence-corrected chi connectivity index (χ1v) is 6.80. The van der Waals surface area contributed by atoms with Crippen molar-refractivity contribution < 1.29 is 14.9 Å². The largest absolute Gasteiger partial charge is 0.504 e. The molecule has 3 rings (SSSR count). The van der Waals surface area contributed by atoms with Gasteiger partial charge in [-0.3, -0.25) is 0 Å². The second kappa shape index (κ2) is 5.07. The molecule has 5 nitrogen and oxygen atoms in total. The number of rotatable bonds is 4. The van der Waals surface area contributed by atoms with Gasteiger partial charge < -0.3 is 14.9 Å². The first-order valence-electron chi connectivity index (χ1n) is 5.81. The third kappa shape index (κ3) is 2.80. The van der Waals surface area contributed by atoms with Gasteiger partial charge in [0.1, 0.15) is 6.10 Å². The van der Waals surface area contributed by atoms with E-state index >= 15 is 0 Å². The van der Waals surface area contributed by atoms with E-state index < -0.39 is 0 Å². The van der Waals surface area contributed by atoms with E-state index in [0.29, 0.717) is 0 Å². The van der Waals surface area contributed by atoms with Crippen LogP contribution in [-0.2, 0) is 4.74 Å². The number of phenolic OH excluding ortho intramolecular Hbond substituents is 2. The van der Waals surface area contributed by atoms with E-state index in [2.05, 4.69) is 9.97 Å². The second-order valence-corrected chi connectivity index (χ2v) is 5.17. The Morgan fingerprint density at radius 3 is 2.68 bits per heavy atom. The molecular formula is C13H12N2O3S. The highest BCUT2D eigenvalue weighted by molar-refractivity contribution is 7.99. The lowest BCUT2D eigenvalue weighted by Crippen LogP contribution is -1.94. The third-order valence-electron chi connectivity index (χ3n) is 2.83. The number of phenols is 2. The number of benzene rings is 1. The third-order valence-corrected chi connectivity index (χ3v) is 3.79. The van der Waals surface area contributed by atoms with Gasteiger partial charge in [-0.25, -0.2) is 9.97 Å². The number of aromatic nitrogens is 2. The molecule has 1 aromatic heterocycles. The van der Waals surface area contributed by atoms with E-state index in [9.17, 15) is 10.2 Å². The molecule has 2 aromatic rings. The van der Waals surface area contributed by atoms with Gasteiger partial charge in [-0.15, -0.1) is 0 Å². The number of nitrogens with zero attached hydrogens (tertiary/aromatic N) is 2. The summed E-state index contributed by atoms with van der Waals surface area (Å²) >= 11 is 1.54. The zero-order chi connectivity index (χ0) is 13.2. The van der Waals surface area contributed by atoms with Crippen molar-refractivity contribution in [2.24, 2.45) is 0 Å². The van der Waals surface area contributed by atoms with Gasteiger partial charge in [0.15, 0.2) is 16.7 Å². The normalized spacial score (nSPS) is 21.3. The lowest BCUT2D eigenvalue weighted by atomic mass is 10.1. The monoisotopic (exact) mass is 276 g/mol. The van der Waals surface area contributed by atoms with Crippen LogP contribution < -0.4 is 0 Å². The summed E-state index contributed by atoms with van der Waals surface area (Å²) in [6.07, 6.45) is 3.48. The van der Waals surface area contributed by atoms with Gasteiger partial charge >= 0.3 is 0 Å². The number of aromatic hydroxyl groups is 2. The first-order chi connectivity index (χ1) is 9.24. The molecule has 1 aliphatic rings. The average Bonchev–Trinajstić information content (AvgIpc) is 3.20. The Bertz CT molecular complexity index is 579. The van der Waals surface area contributed by atoms with Gasteiger partial charge in [0, 0.05) is 18.1 Å². The van der Waals surface area contributed by atoms with Crippen molar-refractivity contribution in [1.29, 1.82) is 0 Å². The Hall–Kier alpha value is -1.79. The van der Waals surface area contributed by atoms with Crippen molar-refractivity contribution >= 4 is 11.8 Å². The van der Waals surface area contributed by atoms with E-state index in [4.69, 9.17) is 4.74 Å². The van der Waals surface area contributed by atoms with Crippen LogP contribution in [0.15, 0.2) is 41.8 Å². The number of epoxide rings is 1. The molecule has 1 aliphatic heterocycles. The fourth-order valence-electron chi connectivity index (χ4n) is 1.80. The minimum absolute atomic E-state index is 0.0253. The molecule has 0 amide bonds. The molecule has 19 heavy (non-hydrogen) atoms. The smallest absolute Gasteiger partial charge is 0.187 e. The van der Waals surface area contributed by atoms with E-state index in [1.807, 2.05) is 0 Å². The predicted molar refractivity (Wildman–Crippen MR) is 70.1 cm³/mol. The second-order valence-electron chi connectivity index (χ2n) is 4.19. The van der Waals surface area contributed by atoms with E-state index in [-0.39, 0.29) is 23.7 Å². The van der Waals surface area contributed by atoms with Gasteiger partial charge in [-0.05, 0) is 23.8 Å². The van der Waals surface area contributed by atoms with Crippen LogP contribution in [-0.4, -0.2) is 32.0 Å². The van der Waals surface area contributed by atoms with Crippen LogP contribution >= 0.6 is 11.8 Å². The van der Waals surface area contributed by atoms with Crippen molar-refractivity contribution in [2.75, 3.05) is 5.75 Å². The van der Waals surface area contributed by atoms with E-state index in [0.717, 1.165) is 16.5 Å². The summed E-state index contributed by atoms with van der Waals surface area (Å²) in [6.45, 7) is 0. The standard InChI is InChI=1S/C13H12N2O3S/c16-9-3-2-8(6-10(9)17)12-11(18-12)7-19-13-14-4-1-5-15-13/h1-6,11-12,16-17H,7H2. The van der Waals surface area contributed by atoms with Crippen molar-refractivity contribution in [2.45, 2.75) is 17.4 Å². The maximum atomic E-state index is 9.44. The molecule has 2 unspecified atom stereocenters. The molecule has 0 saturated carbocycles. The quantitative estimate of drug-likeness (QED) is 0.385. The number of ether oxygens (including phenoxy) is 1. The van der Waals surface area contributed by atoms with Crippen LogP contribution in [0.5, 0.6) is 11.5 Å². The lowest BCUT2D eigenvalue weighted by Gasteiger charge is -2.00. The van der Waals surface area contributed by atoms with Gasteiger partial charge in [0.2, 0.25) is 0 Å². The highest BCUT2D eigenvalue weighted by atomic mass is 32.2. The number of hydrogen-bond acceptors (Lipinski definition) is 6. The van der Waals surface area contributed by atoms with Crippen molar-refractivity contribution in [3.05, 3.63) is 42.2 Å². The van der Waals surface area contributed by atoms with Crippen molar-refractivity contribution in [3.63, 3.8) is 0 Å². The molecule has 0 radical (unpaired) electrons. The molecule has 2 N–H and O–H groups in total. The van der Waals surface area contributed by atoms with Crippen molar-refractivity contribution in [3.8, 4) is 11.5 Å². The fraction of sp³-hybridized carbons (Fsp3) is 0.231. The maximum absolute atomic E-state index is 9.44. The van der Waals surface area contributed by atoms with Gasteiger partial charge in [0.05, 0.1) is 6.10 Å². The summed E-state index contributed by atoms with van der Waals surface area (Å²) in [6, 6.07) is 6.53. The Morgan fingerprint density at radius 2 is 1.95 bits per heavy atom. The average molecular weight is 276 g/mol. The zero-order valence-electron chi connectivity index (χ0n) is 9.93. The highest BCUT2D eigenvalue weighted by Gasteiger charge is 2.40. The van der Waals surface area contributed by atoms with Gasteiger partial charge in [-0.1, -0.05) is 17.8 Å². The molecule has 2 atom stereocenters. The first kappa shape index (κ1) is 12.3. The summed E-state index contributed by atoms with van der Waals surface area (Å²) in [5.74, 6) is 0.523. The van der Waals surface area contributed by atoms with Gasteiger partial charge in [0.25, 0.3) is 0 Å². The van der Waals surface area contributed by atoms with Gasteiger partial charge in [-0.2, -0.15) is 0 Å². The summed E-state index contributed by atoms with van der Waals surface area (Å²) in [4.78, 5) is 8.25. The van der Waals surface area contributed by atoms with Crippen LogP contribution in [0.4, 0.5) is 0 Å². The number of thioether (sulfide) groups is 1. The topological polar surface area (TPSA) is 78.8 Å². The Labute approximate surface area is 114 Å². The highest BCUT2D eigenvalue weighted by Crippen LogP contribution is 2.43. The summed E-state index contributed by atoms with van der Waals surface area (Å²) < 4.78 is 5.55. The van der Waals surface area contributed by atoms with Crippen LogP contribution in [0.3, 0.4) is 0 Å². The molecular weight excluding hydrogens is 264 g/mol. The minimum Gasteiger partial charge on any atom is -0.504 e. The predicted octanol–water partition coefficient (Wildman–Crippen LogP) is 2.12. The Kier molecular flexibility index (Phi) is 3.27. The SMILES string of the molecule is Oc1ccc(C2OC2CSc2ncccn2)cc1O. The minimum atomic E-state index is -0.120. The Morgan fingerprint density at radius 1 is 1.16 bits per heavy atom. The van der Waals surface area contributed by atoms with Crippen molar-refractivity contribution in [1.82, 2.24) is 9.97 Å². The van der Waals surface area contributed by atoms with E-state index in [1.165, 1.54) is 23.9 Å². The zero-order valence-corrected chi connectivity index (χ0v) is 10.7. The summed E-state index contributed by atoms with van der Waals surface area (Å²) in [5, 5.41) is 19.4. The molecule has 1 fully saturated rings.